The largest absolute Gasteiger partial charge is 0.383 e. The number of hydrogen-bond donors (Lipinski definition) is 1. The van der Waals surface area contributed by atoms with Crippen molar-refractivity contribution in [1.82, 2.24) is 4.72 Å². The predicted molar refractivity (Wildman–Crippen MR) is 62.9 cm³/mol. The van der Waals surface area contributed by atoms with Crippen molar-refractivity contribution in [2.24, 2.45) is 0 Å². The highest BCUT2D eigenvalue weighted by atomic mass is 79.9. The number of nitrogens with one attached hydrogen (secondary N) is 1. The van der Waals surface area contributed by atoms with Gasteiger partial charge >= 0.3 is 0 Å². The van der Waals surface area contributed by atoms with E-state index in [1.807, 2.05) is 6.92 Å². The van der Waals surface area contributed by atoms with E-state index in [0.717, 1.165) is 0 Å². The first-order valence-corrected chi connectivity index (χ1v) is 7.26. The molecule has 0 aromatic rings. The van der Waals surface area contributed by atoms with Crippen molar-refractivity contribution in [3.63, 3.8) is 0 Å². The number of halogens is 1. The van der Waals surface area contributed by atoms with E-state index in [1.54, 1.807) is 7.11 Å². The van der Waals surface area contributed by atoms with Gasteiger partial charge < -0.3 is 9.47 Å². The molecule has 0 amide bonds. The standard InChI is InChI=1S/C8H18BrNO4S/c1-3-14-4-5-15(11,12)10-6-8(9)7-13-2/h8,10H,3-7H2,1-2H3. The van der Waals surface area contributed by atoms with Crippen LogP contribution in [0, 0.1) is 0 Å². The third-order valence-corrected chi connectivity index (χ3v) is 3.47. The van der Waals surface area contributed by atoms with Crippen molar-refractivity contribution in [3.05, 3.63) is 0 Å². The van der Waals surface area contributed by atoms with E-state index in [-0.39, 0.29) is 17.2 Å². The Hall–Kier alpha value is 0.310. The predicted octanol–water partition coefficient (Wildman–Crippen LogP) is 0.352. The molecule has 92 valence electrons. The first-order valence-electron chi connectivity index (χ1n) is 4.70. The molecule has 1 atom stereocenters. The molecular weight excluding hydrogens is 286 g/mol. The molecule has 0 bridgehead atoms. The number of hydrogen-bond acceptors (Lipinski definition) is 4. The normalized spacial score (nSPS) is 14.1. The minimum absolute atomic E-state index is 0.00641. The van der Waals surface area contributed by atoms with Crippen LogP contribution in [-0.4, -0.2) is 52.5 Å². The van der Waals surface area contributed by atoms with Gasteiger partial charge in [0.25, 0.3) is 0 Å². The smallest absolute Gasteiger partial charge is 0.213 e. The van der Waals surface area contributed by atoms with Crippen LogP contribution in [0.2, 0.25) is 0 Å². The maximum atomic E-state index is 11.4. The Morgan fingerprint density at radius 1 is 1.47 bits per heavy atom. The summed E-state index contributed by atoms with van der Waals surface area (Å²) in [4.78, 5) is -0.00984. The van der Waals surface area contributed by atoms with E-state index in [0.29, 0.717) is 19.8 Å². The van der Waals surface area contributed by atoms with Gasteiger partial charge in [-0.05, 0) is 6.92 Å². The molecule has 0 aromatic heterocycles. The Bertz CT molecular complexity index is 245. The zero-order chi connectivity index (χ0) is 11.7. The number of rotatable bonds is 9. The summed E-state index contributed by atoms with van der Waals surface area (Å²) < 4.78 is 35.0. The van der Waals surface area contributed by atoms with Gasteiger partial charge in [-0.25, -0.2) is 13.1 Å². The number of sulfonamides is 1. The fraction of sp³-hybridized carbons (Fsp3) is 1.00. The maximum Gasteiger partial charge on any atom is 0.213 e. The molecule has 0 spiro atoms. The van der Waals surface area contributed by atoms with E-state index in [2.05, 4.69) is 20.7 Å². The second-order valence-corrected chi connectivity index (χ2v) is 6.14. The van der Waals surface area contributed by atoms with Crippen LogP contribution < -0.4 is 4.72 Å². The van der Waals surface area contributed by atoms with Crippen LogP contribution in [0.3, 0.4) is 0 Å². The molecule has 0 aromatic carbocycles. The lowest BCUT2D eigenvalue weighted by Gasteiger charge is -2.10. The molecule has 0 aliphatic heterocycles. The van der Waals surface area contributed by atoms with Gasteiger partial charge in [-0.2, -0.15) is 0 Å². The second-order valence-electron chi connectivity index (χ2n) is 2.92. The average molecular weight is 304 g/mol. The molecule has 1 unspecified atom stereocenters. The van der Waals surface area contributed by atoms with Crippen molar-refractivity contribution in [3.8, 4) is 0 Å². The van der Waals surface area contributed by atoms with Crippen molar-refractivity contribution in [2.75, 3.05) is 39.2 Å². The van der Waals surface area contributed by atoms with Gasteiger partial charge in [0, 0.05) is 20.3 Å². The molecule has 15 heavy (non-hydrogen) atoms. The van der Waals surface area contributed by atoms with Crippen LogP contribution in [0.15, 0.2) is 0 Å². The summed E-state index contributed by atoms with van der Waals surface area (Å²) in [5, 5.41) is 0. The van der Waals surface area contributed by atoms with Crippen LogP contribution in [0.1, 0.15) is 6.92 Å². The minimum atomic E-state index is -3.23. The molecule has 0 rings (SSSR count). The fourth-order valence-corrected chi connectivity index (χ4v) is 2.42. The summed E-state index contributed by atoms with van der Waals surface area (Å²) in [5.74, 6) is -0.00641. The monoisotopic (exact) mass is 303 g/mol. The van der Waals surface area contributed by atoms with E-state index in [1.165, 1.54) is 0 Å². The van der Waals surface area contributed by atoms with Gasteiger partial charge in [-0.1, -0.05) is 15.9 Å². The van der Waals surface area contributed by atoms with Gasteiger partial charge in [-0.15, -0.1) is 0 Å². The number of ether oxygens (including phenoxy) is 2. The molecule has 0 radical (unpaired) electrons. The first kappa shape index (κ1) is 15.3. The van der Waals surface area contributed by atoms with Crippen LogP contribution in [0.25, 0.3) is 0 Å². The van der Waals surface area contributed by atoms with E-state index >= 15 is 0 Å². The van der Waals surface area contributed by atoms with Crippen LogP contribution in [-0.2, 0) is 19.5 Å². The molecule has 0 saturated carbocycles. The molecule has 0 aliphatic rings. The van der Waals surface area contributed by atoms with Crippen molar-refractivity contribution in [1.29, 1.82) is 0 Å². The summed E-state index contributed by atoms with van der Waals surface area (Å²) in [5.41, 5.74) is 0. The van der Waals surface area contributed by atoms with E-state index in [4.69, 9.17) is 9.47 Å². The highest BCUT2D eigenvalue weighted by Gasteiger charge is 2.12. The lowest BCUT2D eigenvalue weighted by molar-refractivity contribution is 0.163. The minimum Gasteiger partial charge on any atom is -0.383 e. The summed E-state index contributed by atoms with van der Waals surface area (Å²) in [6, 6.07) is 0. The zero-order valence-corrected chi connectivity index (χ0v) is 11.4. The Labute approximate surface area is 99.7 Å². The first-order chi connectivity index (χ1) is 7.02. The van der Waals surface area contributed by atoms with Gasteiger partial charge in [0.15, 0.2) is 0 Å². The third kappa shape index (κ3) is 9.25. The van der Waals surface area contributed by atoms with E-state index in [9.17, 15) is 8.42 Å². The van der Waals surface area contributed by atoms with Crippen LogP contribution in [0.4, 0.5) is 0 Å². The number of methoxy groups -OCH3 is 1. The maximum absolute atomic E-state index is 11.4. The fourth-order valence-electron chi connectivity index (χ4n) is 0.842. The Balaban J connectivity index is 3.73. The molecule has 0 aliphatic carbocycles. The lowest BCUT2D eigenvalue weighted by Crippen LogP contribution is -2.34. The highest BCUT2D eigenvalue weighted by Crippen LogP contribution is 1.98. The molecule has 0 saturated heterocycles. The van der Waals surface area contributed by atoms with Gasteiger partial charge in [0.1, 0.15) is 0 Å². The topological polar surface area (TPSA) is 64.6 Å². The third-order valence-electron chi connectivity index (χ3n) is 1.57. The molecule has 7 heteroatoms. The van der Waals surface area contributed by atoms with Crippen LogP contribution >= 0.6 is 15.9 Å². The Morgan fingerprint density at radius 2 is 2.13 bits per heavy atom. The van der Waals surface area contributed by atoms with Gasteiger partial charge in [0.2, 0.25) is 10.0 Å². The van der Waals surface area contributed by atoms with Crippen molar-refractivity contribution >= 4 is 26.0 Å². The van der Waals surface area contributed by atoms with Crippen molar-refractivity contribution in [2.45, 2.75) is 11.8 Å². The summed E-state index contributed by atoms with van der Waals surface area (Å²) in [7, 11) is -1.66. The highest BCUT2D eigenvalue weighted by molar-refractivity contribution is 9.09. The second kappa shape index (κ2) is 8.46. The lowest BCUT2D eigenvalue weighted by atomic mass is 10.5. The van der Waals surface area contributed by atoms with E-state index < -0.39 is 10.0 Å². The Morgan fingerprint density at radius 3 is 2.67 bits per heavy atom. The molecule has 0 heterocycles. The molecule has 0 fully saturated rings. The summed E-state index contributed by atoms with van der Waals surface area (Å²) in [6.07, 6.45) is 0. The summed E-state index contributed by atoms with van der Waals surface area (Å²) >= 11 is 3.29. The van der Waals surface area contributed by atoms with Gasteiger partial charge in [-0.3, -0.25) is 0 Å². The number of alkyl halides is 1. The molecule has 5 nitrogen and oxygen atoms in total. The average Bonchev–Trinajstić information content (AvgIpc) is 2.16. The quantitative estimate of drug-likeness (QED) is 0.493. The zero-order valence-electron chi connectivity index (χ0n) is 9.03. The Kier molecular flexibility index (Phi) is 8.64. The van der Waals surface area contributed by atoms with Crippen molar-refractivity contribution < 1.29 is 17.9 Å². The van der Waals surface area contributed by atoms with Gasteiger partial charge in [0.05, 0.1) is 23.8 Å². The molecule has 1 N–H and O–H groups in total. The summed E-state index contributed by atoms with van der Waals surface area (Å²) in [6.45, 7) is 3.37. The van der Waals surface area contributed by atoms with Crippen LogP contribution in [0.5, 0.6) is 0 Å². The SMILES string of the molecule is CCOCCS(=O)(=O)NCC(Br)COC. The molecular formula is C8H18BrNO4S.